The quantitative estimate of drug-likeness (QED) is 0.813. The third-order valence-corrected chi connectivity index (χ3v) is 3.54. The molecular formula is C7H8ClNO2S2. The van der Waals surface area contributed by atoms with Crippen LogP contribution in [0, 0.1) is 0 Å². The van der Waals surface area contributed by atoms with Crippen molar-refractivity contribution >= 4 is 31.7 Å². The maximum absolute atomic E-state index is 11.4. The van der Waals surface area contributed by atoms with Crippen LogP contribution < -0.4 is 4.72 Å². The molecule has 0 atom stereocenters. The van der Waals surface area contributed by atoms with Gasteiger partial charge in [-0.1, -0.05) is 18.2 Å². The molecule has 0 radical (unpaired) electrons. The maximum atomic E-state index is 11.4. The lowest BCUT2D eigenvalue weighted by atomic mass is 10.4. The third-order valence-electron chi connectivity index (χ3n) is 1.36. The summed E-state index contributed by atoms with van der Waals surface area (Å²) in [4.78, 5) is 0.251. The molecule has 6 heteroatoms. The van der Waals surface area contributed by atoms with Crippen molar-refractivity contribution in [3.63, 3.8) is 0 Å². The molecule has 0 saturated carbocycles. The highest BCUT2D eigenvalue weighted by atomic mass is 35.7. The Hall–Kier alpha value is -0.230. The summed E-state index contributed by atoms with van der Waals surface area (Å²) in [6.45, 7) is 0. The predicted molar refractivity (Wildman–Crippen MR) is 55.1 cm³/mol. The van der Waals surface area contributed by atoms with Crippen LogP contribution in [0.25, 0.3) is 0 Å². The molecule has 1 aromatic carbocycles. The lowest BCUT2D eigenvalue weighted by Crippen LogP contribution is -2.22. The highest BCUT2D eigenvalue weighted by Crippen LogP contribution is 2.09. The Bertz CT molecular complexity index is 352. The zero-order chi connectivity index (χ0) is 9.73. The highest BCUT2D eigenvalue weighted by molar-refractivity contribution is 8.21. The molecule has 0 heterocycles. The molecule has 0 bridgehead atoms. The van der Waals surface area contributed by atoms with Crippen LogP contribution in [-0.4, -0.2) is 14.3 Å². The number of hydrogen-bond donors (Lipinski definition) is 1. The molecule has 0 fully saturated rings. The van der Waals surface area contributed by atoms with Crippen LogP contribution in [0.3, 0.4) is 0 Å². The number of sulfonamides is 1. The number of rotatable bonds is 4. The molecule has 0 aliphatic heterocycles. The van der Waals surface area contributed by atoms with Gasteiger partial charge in [0.15, 0.2) is 0 Å². The molecule has 0 amide bonds. The van der Waals surface area contributed by atoms with Gasteiger partial charge in [-0.15, -0.1) is 0 Å². The molecule has 3 nitrogen and oxygen atoms in total. The van der Waals surface area contributed by atoms with E-state index in [4.69, 9.17) is 10.7 Å². The van der Waals surface area contributed by atoms with Gasteiger partial charge in [0.1, 0.15) is 0 Å². The van der Waals surface area contributed by atoms with Gasteiger partial charge in [-0.3, -0.25) is 0 Å². The van der Waals surface area contributed by atoms with Crippen LogP contribution in [-0.2, 0) is 10.0 Å². The first-order valence-electron chi connectivity index (χ1n) is 3.45. The van der Waals surface area contributed by atoms with E-state index in [1.54, 1.807) is 18.2 Å². The van der Waals surface area contributed by atoms with E-state index in [1.165, 1.54) is 12.1 Å². The van der Waals surface area contributed by atoms with E-state index in [2.05, 4.69) is 4.72 Å². The van der Waals surface area contributed by atoms with Crippen LogP contribution in [0.5, 0.6) is 0 Å². The van der Waals surface area contributed by atoms with E-state index in [1.807, 2.05) is 0 Å². The Balaban J connectivity index is 2.83. The topological polar surface area (TPSA) is 46.2 Å². The fourth-order valence-electron chi connectivity index (χ4n) is 0.783. The lowest BCUT2D eigenvalue weighted by Gasteiger charge is -2.03. The fraction of sp³-hybridized carbons (Fsp3) is 0.143. The largest absolute Gasteiger partial charge is 0.241 e. The van der Waals surface area contributed by atoms with Crippen LogP contribution in [0.1, 0.15) is 0 Å². The Morgan fingerprint density at radius 1 is 1.31 bits per heavy atom. The molecule has 0 unspecified atom stereocenters. The molecule has 0 aliphatic rings. The number of halogens is 1. The lowest BCUT2D eigenvalue weighted by molar-refractivity contribution is 0.587. The van der Waals surface area contributed by atoms with Crippen molar-refractivity contribution in [2.75, 3.05) is 5.88 Å². The first kappa shape index (κ1) is 10.8. The number of hydrogen-bond acceptors (Lipinski definition) is 3. The maximum Gasteiger partial charge on any atom is 0.241 e. The van der Waals surface area contributed by atoms with Gasteiger partial charge in [0.05, 0.1) is 10.8 Å². The van der Waals surface area contributed by atoms with Gasteiger partial charge in [-0.05, 0) is 33.8 Å². The van der Waals surface area contributed by atoms with Crippen molar-refractivity contribution in [1.82, 2.24) is 4.72 Å². The molecular weight excluding hydrogens is 230 g/mol. The van der Waals surface area contributed by atoms with E-state index in [9.17, 15) is 8.42 Å². The van der Waals surface area contributed by atoms with Crippen molar-refractivity contribution in [2.45, 2.75) is 4.90 Å². The minimum atomic E-state index is -3.38. The highest BCUT2D eigenvalue weighted by Gasteiger charge is 2.11. The van der Waals surface area contributed by atoms with E-state index in [0.717, 1.165) is 11.0 Å². The van der Waals surface area contributed by atoms with Crippen molar-refractivity contribution < 1.29 is 8.42 Å². The Labute approximate surface area is 86.0 Å². The molecule has 0 saturated heterocycles. The second-order valence-corrected chi connectivity index (χ2v) is 5.14. The smallest absolute Gasteiger partial charge is 0.207 e. The zero-order valence-corrected chi connectivity index (χ0v) is 8.99. The summed E-state index contributed by atoms with van der Waals surface area (Å²) in [7, 11) is 2.81. The van der Waals surface area contributed by atoms with E-state index in [-0.39, 0.29) is 10.8 Å². The third kappa shape index (κ3) is 3.19. The normalized spacial score (nSPS) is 11.5. The summed E-state index contributed by atoms with van der Waals surface area (Å²) in [5.41, 5.74) is 0. The van der Waals surface area contributed by atoms with Crippen molar-refractivity contribution in [3.05, 3.63) is 30.3 Å². The van der Waals surface area contributed by atoms with Crippen LogP contribution in [0.4, 0.5) is 0 Å². The zero-order valence-electron chi connectivity index (χ0n) is 6.60. The van der Waals surface area contributed by atoms with E-state index in [0.29, 0.717) is 0 Å². The van der Waals surface area contributed by atoms with Crippen LogP contribution in [0.15, 0.2) is 35.2 Å². The van der Waals surface area contributed by atoms with Gasteiger partial charge in [0.25, 0.3) is 0 Å². The summed E-state index contributed by atoms with van der Waals surface area (Å²) < 4.78 is 25.1. The molecule has 1 aromatic rings. The minimum absolute atomic E-state index is 0.165. The predicted octanol–water partition coefficient (Wildman–Crippen LogP) is 1.81. The van der Waals surface area contributed by atoms with Gasteiger partial charge in [-0.2, -0.15) is 4.72 Å². The molecule has 72 valence electrons. The molecule has 0 aliphatic carbocycles. The average molecular weight is 238 g/mol. The second kappa shape index (κ2) is 4.85. The summed E-state index contributed by atoms with van der Waals surface area (Å²) >= 11 is 0. The SMILES string of the molecule is O=S(=O)(NCSCl)c1ccccc1. The molecule has 0 spiro atoms. The average Bonchev–Trinajstić information content (AvgIpc) is 2.16. The van der Waals surface area contributed by atoms with Crippen molar-refractivity contribution in [2.24, 2.45) is 0 Å². The summed E-state index contributed by atoms with van der Waals surface area (Å²) in [5.74, 6) is 0.165. The molecule has 13 heavy (non-hydrogen) atoms. The Kier molecular flexibility index (Phi) is 4.05. The molecule has 1 rings (SSSR count). The van der Waals surface area contributed by atoms with Gasteiger partial charge >= 0.3 is 0 Å². The molecule has 0 aromatic heterocycles. The van der Waals surface area contributed by atoms with Crippen LogP contribution >= 0.6 is 21.7 Å². The van der Waals surface area contributed by atoms with Gasteiger partial charge in [0, 0.05) is 0 Å². The van der Waals surface area contributed by atoms with E-state index < -0.39 is 10.0 Å². The summed E-state index contributed by atoms with van der Waals surface area (Å²) in [5, 5.41) is 0. The Morgan fingerprint density at radius 3 is 2.46 bits per heavy atom. The first-order valence-corrected chi connectivity index (χ1v) is 6.74. The van der Waals surface area contributed by atoms with E-state index >= 15 is 0 Å². The second-order valence-electron chi connectivity index (χ2n) is 2.21. The standard InChI is InChI=1S/C7H8ClNO2S2/c8-12-6-9-13(10,11)7-4-2-1-3-5-7/h1-5,9H,6H2. The number of benzene rings is 1. The summed E-state index contributed by atoms with van der Waals surface area (Å²) in [6, 6.07) is 8.16. The Morgan fingerprint density at radius 2 is 1.92 bits per heavy atom. The van der Waals surface area contributed by atoms with Gasteiger partial charge in [-0.25, -0.2) is 8.42 Å². The minimum Gasteiger partial charge on any atom is -0.207 e. The van der Waals surface area contributed by atoms with Crippen molar-refractivity contribution in [1.29, 1.82) is 0 Å². The monoisotopic (exact) mass is 237 g/mol. The van der Waals surface area contributed by atoms with Crippen molar-refractivity contribution in [3.8, 4) is 0 Å². The van der Waals surface area contributed by atoms with Gasteiger partial charge in [0.2, 0.25) is 10.0 Å². The number of nitrogens with one attached hydrogen (secondary N) is 1. The fourth-order valence-corrected chi connectivity index (χ4v) is 2.66. The van der Waals surface area contributed by atoms with Gasteiger partial charge < -0.3 is 0 Å². The molecule has 1 N–H and O–H groups in total. The van der Waals surface area contributed by atoms with Crippen LogP contribution in [0.2, 0.25) is 0 Å². The first-order chi connectivity index (χ1) is 6.17. The summed E-state index contributed by atoms with van der Waals surface area (Å²) in [6.07, 6.45) is 0.